The van der Waals surface area contributed by atoms with E-state index < -0.39 is 103 Å². The van der Waals surface area contributed by atoms with Gasteiger partial charge in [0.25, 0.3) is 0 Å². The lowest BCUT2D eigenvalue weighted by Gasteiger charge is -2.68. The number of carbonyl (C=O) groups excluding carboxylic acids is 2. The van der Waals surface area contributed by atoms with Crippen LogP contribution < -0.4 is 4.90 Å². The number of ketones is 1. The fourth-order valence-electron chi connectivity index (χ4n) is 16.5. The van der Waals surface area contributed by atoms with E-state index in [4.69, 9.17) is 4.74 Å². The molecule has 18 atom stereocenters. The van der Waals surface area contributed by atoms with E-state index in [1.165, 1.54) is 16.9 Å². The van der Waals surface area contributed by atoms with Crippen LogP contribution in [0.15, 0.2) is 42.0 Å². The first-order chi connectivity index (χ1) is 31.3. The Morgan fingerprint density at radius 3 is 2.44 bits per heavy atom. The van der Waals surface area contributed by atoms with Gasteiger partial charge in [-0.25, -0.2) is 0 Å². The summed E-state index contributed by atoms with van der Waals surface area (Å²) in [5.74, 6) is -2.58. The smallest absolute Gasteiger partial charge is 0.233 e. The molecule has 5 heterocycles. The van der Waals surface area contributed by atoms with Gasteiger partial charge in [0.15, 0.2) is 5.78 Å². The van der Waals surface area contributed by atoms with Crippen molar-refractivity contribution >= 4 is 39.0 Å². The quantitative estimate of drug-likeness (QED) is 0.109. The number of hydrogen-bond acceptors (Lipinski definition) is 14. The van der Waals surface area contributed by atoms with E-state index >= 15 is 9.59 Å². The number of aryl methyl sites for hydroxylation is 1. The number of carbonyl (C=O) groups is 2. The second-order valence-electron chi connectivity index (χ2n) is 22.9. The number of allylic oxidation sites excluding steroid dienone is 2. The van der Waals surface area contributed by atoms with Gasteiger partial charge in [0, 0.05) is 41.5 Å². The summed E-state index contributed by atoms with van der Waals surface area (Å²) in [6, 6.07) is 5.21. The molecule has 1 aromatic rings. The number of epoxide rings is 1. The number of aliphatic hydroxyl groups excluding tert-OH is 5. The van der Waals surface area contributed by atoms with Crippen molar-refractivity contribution in [1.82, 2.24) is 0 Å². The van der Waals surface area contributed by atoms with Gasteiger partial charge in [-0.2, -0.15) is 0 Å². The molecule has 2 saturated heterocycles. The van der Waals surface area contributed by atoms with Crippen molar-refractivity contribution in [3.8, 4) is 5.75 Å². The summed E-state index contributed by atoms with van der Waals surface area (Å²) in [4.78, 5) is 32.5. The van der Waals surface area contributed by atoms with Crippen molar-refractivity contribution in [2.75, 3.05) is 31.3 Å². The first-order valence-corrected chi connectivity index (χ1v) is 27.0. The number of aliphatic hydroxyl groups is 8. The lowest BCUT2D eigenvalue weighted by molar-refractivity contribution is -0.235. The van der Waals surface area contributed by atoms with Crippen molar-refractivity contribution < 1.29 is 60.3 Å². The van der Waals surface area contributed by atoms with Crippen LogP contribution in [-0.2, 0) is 20.7 Å². The summed E-state index contributed by atoms with van der Waals surface area (Å²) in [6.45, 7) is 7.24. The molecule has 4 saturated carbocycles. The highest BCUT2D eigenvalue weighted by Crippen LogP contribution is 2.76. The largest absolute Gasteiger partial charge is 0.508 e. The SMILES string of the molecule is CC(C)C(C)C1OC1C1(O)CC=CC2CC3C4=CC(=O)C5(CC(O)C(O)(CO)CC35C)C(O)SSC(CO)C3CCCC(CO)C35CCN(C5=O)c3cc(O)cc(c3)CCC23C1CCC43O. The highest BCUT2D eigenvalue weighted by atomic mass is 33.1. The lowest BCUT2D eigenvalue weighted by atomic mass is 9.38. The number of phenols is 1. The van der Waals surface area contributed by atoms with E-state index in [0.717, 1.165) is 16.4 Å². The Balaban J connectivity index is 1.18. The molecule has 12 rings (SSSR count). The highest BCUT2D eigenvalue weighted by molar-refractivity contribution is 8.77. The van der Waals surface area contributed by atoms with Crippen molar-refractivity contribution in [1.29, 1.82) is 0 Å². The standard InChI is InChI=1S/C51H71NO12S2/c1-27(2)28(3)41-42(64-41)50(62)12-6-8-30-19-35-36-21-39(57)49(22-40(58)46(61,26-55)25-45(35,49)4)44(60)66-65-37(24-54)34-9-5-7-31(23-53)47(34)15-16-52(43(47)59)32-17-29(18-33(56)20-32)10-13-48(30)38(50)11-14-51(36,48)63/h6,8,17-18,20-21,27-28,30-31,34-35,37-38,40-42,44,53-56,58,60-63H,5,7,9-16,19,22-26H2,1-4H3. The maximum absolute atomic E-state index is 15.6. The first kappa shape index (κ1) is 47.6. The molecule has 364 valence electrons. The van der Waals surface area contributed by atoms with Gasteiger partial charge in [-0.05, 0) is 141 Å². The van der Waals surface area contributed by atoms with Crippen LogP contribution in [0.2, 0.25) is 0 Å². The summed E-state index contributed by atoms with van der Waals surface area (Å²) in [5.41, 5.74) is -10.0. The van der Waals surface area contributed by atoms with Gasteiger partial charge in [0.1, 0.15) is 28.5 Å². The van der Waals surface area contributed by atoms with Crippen LogP contribution in [0.1, 0.15) is 104 Å². The summed E-state index contributed by atoms with van der Waals surface area (Å²) in [5, 5.41) is 108. The third-order valence-corrected chi connectivity index (χ3v) is 23.3. The average molecular weight is 954 g/mol. The third-order valence-electron chi connectivity index (χ3n) is 20.3. The number of phenolic OH excluding ortho intramolecular Hbond substituents is 1. The second kappa shape index (κ2) is 16.3. The third kappa shape index (κ3) is 6.25. The van der Waals surface area contributed by atoms with Crippen LogP contribution in [0.5, 0.6) is 5.75 Å². The zero-order valence-electron chi connectivity index (χ0n) is 38.7. The second-order valence-corrected chi connectivity index (χ2v) is 25.5. The maximum atomic E-state index is 15.6. The Morgan fingerprint density at radius 2 is 1.73 bits per heavy atom. The van der Waals surface area contributed by atoms with Crippen molar-refractivity contribution in [3.63, 3.8) is 0 Å². The molecule has 15 heteroatoms. The van der Waals surface area contributed by atoms with Gasteiger partial charge in [-0.1, -0.05) is 67.9 Å². The number of hydrogen-bond donors (Lipinski definition) is 9. The van der Waals surface area contributed by atoms with Crippen LogP contribution in [0.25, 0.3) is 0 Å². The number of ether oxygens (including phenoxy) is 1. The number of amides is 1. The number of fused-ring (bicyclic) bond motifs is 1. The summed E-state index contributed by atoms with van der Waals surface area (Å²) in [6.07, 6.45) is 7.09. The van der Waals surface area contributed by atoms with Crippen molar-refractivity contribution in [2.24, 2.45) is 63.1 Å². The highest BCUT2D eigenvalue weighted by Gasteiger charge is 2.79. The Kier molecular flexibility index (Phi) is 11.7. The molecule has 6 fully saturated rings. The molecular formula is C51H71NO12S2. The summed E-state index contributed by atoms with van der Waals surface area (Å²) >= 11 is 0. The average Bonchev–Trinajstić information content (AvgIpc) is 3.96. The minimum absolute atomic E-state index is 0.0236. The molecule has 3 spiro atoms. The molecule has 1 amide bonds. The molecule has 8 bridgehead atoms. The van der Waals surface area contributed by atoms with E-state index in [0.29, 0.717) is 81.5 Å². The van der Waals surface area contributed by atoms with Crippen molar-refractivity contribution in [2.45, 2.75) is 151 Å². The van der Waals surface area contributed by atoms with Gasteiger partial charge in [0.05, 0.1) is 41.9 Å². The number of benzene rings is 1. The molecule has 9 N–H and O–H groups in total. The predicted molar refractivity (Wildman–Crippen MR) is 250 cm³/mol. The van der Waals surface area contributed by atoms with Gasteiger partial charge >= 0.3 is 0 Å². The molecule has 0 aromatic heterocycles. The Bertz CT molecular complexity index is 2190. The van der Waals surface area contributed by atoms with E-state index in [9.17, 15) is 46.0 Å². The van der Waals surface area contributed by atoms with Gasteiger partial charge < -0.3 is 55.6 Å². The first-order valence-electron chi connectivity index (χ1n) is 24.7. The molecule has 66 heavy (non-hydrogen) atoms. The number of aromatic hydroxyl groups is 1. The molecule has 18 unspecified atom stereocenters. The fourth-order valence-corrected chi connectivity index (χ4v) is 19.8. The zero-order valence-corrected chi connectivity index (χ0v) is 40.4. The van der Waals surface area contributed by atoms with Crippen LogP contribution in [0, 0.1) is 63.1 Å². The van der Waals surface area contributed by atoms with E-state index in [1.807, 2.05) is 19.1 Å². The maximum Gasteiger partial charge on any atom is 0.233 e. The van der Waals surface area contributed by atoms with E-state index in [1.54, 1.807) is 17.0 Å². The Morgan fingerprint density at radius 1 is 0.955 bits per heavy atom. The molecule has 13 nitrogen and oxygen atoms in total. The molecule has 1 aromatic carbocycles. The monoisotopic (exact) mass is 953 g/mol. The van der Waals surface area contributed by atoms with Crippen LogP contribution in [0.3, 0.4) is 0 Å². The minimum Gasteiger partial charge on any atom is -0.508 e. The normalized spacial score (nSPS) is 49.0. The molecular weight excluding hydrogens is 883 g/mol. The lowest BCUT2D eigenvalue weighted by Crippen LogP contribution is -2.72. The van der Waals surface area contributed by atoms with E-state index in [-0.39, 0.29) is 56.2 Å². The van der Waals surface area contributed by atoms with Crippen LogP contribution >= 0.6 is 21.6 Å². The van der Waals surface area contributed by atoms with Gasteiger partial charge in [0.2, 0.25) is 5.91 Å². The molecule has 11 aliphatic rings. The van der Waals surface area contributed by atoms with Crippen LogP contribution in [-0.4, -0.2) is 130 Å². The summed E-state index contributed by atoms with van der Waals surface area (Å²) in [7, 11) is 2.22. The van der Waals surface area contributed by atoms with Gasteiger partial charge in [-0.15, -0.1) is 0 Å². The number of rotatable bonds is 6. The summed E-state index contributed by atoms with van der Waals surface area (Å²) < 4.78 is 6.46. The Labute approximate surface area is 395 Å². The van der Waals surface area contributed by atoms with Crippen molar-refractivity contribution in [3.05, 3.63) is 47.6 Å². The molecule has 6 aliphatic carbocycles. The Hall–Kier alpha value is -2.02. The predicted octanol–water partition coefficient (Wildman–Crippen LogP) is 4.42. The van der Waals surface area contributed by atoms with Crippen LogP contribution in [0.4, 0.5) is 5.69 Å². The topological polar surface area (TPSA) is 232 Å². The number of anilines is 1. The molecule has 5 aliphatic heterocycles. The zero-order chi connectivity index (χ0) is 47.1. The number of nitrogens with zero attached hydrogens (tertiary/aromatic N) is 1. The van der Waals surface area contributed by atoms with E-state index in [2.05, 4.69) is 26.8 Å². The fraction of sp³-hybridized carbons (Fsp3) is 0.765. The van der Waals surface area contributed by atoms with Gasteiger partial charge in [-0.3, -0.25) is 9.59 Å². The minimum atomic E-state index is -2.03. The molecule has 0 radical (unpaired) electrons.